The van der Waals surface area contributed by atoms with Gasteiger partial charge in [-0.3, -0.25) is 9.59 Å². The molecule has 0 atom stereocenters. The first-order valence-corrected chi connectivity index (χ1v) is 8.30. The number of rotatable bonds is 8. The van der Waals surface area contributed by atoms with Crippen LogP contribution in [-0.4, -0.2) is 38.2 Å². The van der Waals surface area contributed by atoms with Crippen molar-refractivity contribution in [3.63, 3.8) is 0 Å². The zero-order chi connectivity index (χ0) is 20.0. The van der Waals surface area contributed by atoms with Crippen molar-refractivity contribution >= 4 is 29.4 Å². The number of halogens is 1. The van der Waals surface area contributed by atoms with Crippen LogP contribution >= 0.6 is 11.6 Å². The molecule has 0 amide bonds. The Balaban J connectivity index is 2.29. The van der Waals surface area contributed by atoms with Gasteiger partial charge in [0.25, 0.3) is 0 Å². The zero-order valence-electron chi connectivity index (χ0n) is 15.1. The van der Waals surface area contributed by atoms with Gasteiger partial charge in [-0.25, -0.2) is 0 Å². The molecule has 0 saturated heterocycles. The molecule has 0 radical (unpaired) electrons. The van der Waals surface area contributed by atoms with E-state index in [2.05, 4.69) is 0 Å². The molecule has 0 fully saturated rings. The van der Waals surface area contributed by atoms with Crippen LogP contribution in [0.1, 0.15) is 21.5 Å². The van der Waals surface area contributed by atoms with Crippen molar-refractivity contribution < 1.29 is 28.9 Å². The first-order valence-electron chi connectivity index (χ1n) is 7.92. The van der Waals surface area contributed by atoms with Gasteiger partial charge in [0.2, 0.25) is 0 Å². The highest BCUT2D eigenvalue weighted by molar-refractivity contribution is 6.32. The second-order valence-corrected chi connectivity index (χ2v) is 5.94. The Bertz CT molecular complexity index is 888. The van der Waals surface area contributed by atoms with Crippen LogP contribution in [-0.2, 0) is 11.2 Å². The molecule has 0 aliphatic rings. The Kier molecular flexibility index (Phi) is 6.85. The summed E-state index contributed by atoms with van der Waals surface area (Å²) in [5, 5.41) is 9.36. The average molecular weight is 391 g/mol. The highest BCUT2D eigenvalue weighted by Crippen LogP contribution is 2.36. The molecule has 0 unspecified atom stereocenters. The van der Waals surface area contributed by atoms with E-state index in [0.29, 0.717) is 39.0 Å². The number of hydrogen-bond donors (Lipinski definition) is 1. The van der Waals surface area contributed by atoms with E-state index < -0.39 is 5.97 Å². The predicted octanol–water partition coefficient (Wildman–Crippen LogP) is 3.89. The normalized spacial score (nSPS) is 10.7. The van der Waals surface area contributed by atoms with Crippen molar-refractivity contribution in [2.24, 2.45) is 0 Å². The molecule has 6 nitrogen and oxygen atoms in total. The van der Waals surface area contributed by atoms with Crippen LogP contribution in [0.5, 0.6) is 17.2 Å². The lowest BCUT2D eigenvalue weighted by Gasteiger charge is -2.10. The summed E-state index contributed by atoms with van der Waals surface area (Å²) in [5.41, 5.74) is 1.44. The fourth-order valence-electron chi connectivity index (χ4n) is 2.54. The SMILES string of the molecule is COc1ccc(C(=O)/C=C/c2cc(Cl)c(OC)c(OC)c2)cc1CC(=O)O. The molecule has 0 heterocycles. The van der Waals surface area contributed by atoms with E-state index in [4.69, 9.17) is 30.9 Å². The molecule has 0 bridgehead atoms. The second-order valence-electron chi connectivity index (χ2n) is 5.53. The molecule has 2 aromatic carbocycles. The Morgan fingerprint density at radius 3 is 2.33 bits per heavy atom. The lowest BCUT2D eigenvalue weighted by atomic mass is 10.0. The van der Waals surface area contributed by atoms with Gasteiger partial charge in [0.05, 0.1) is 32.8 Å². The lowest BCUT2D eigenvalue weighted by molar-refractivity contribution is -0.136. The molecule has 0 aromatic heterocycles. The summed E-state index contributed by atoms with van der Waals surface area (Å²) in [6.45, 7) is 0. The van der Waals surface area contributed by atoms with E-state index in [0.717, 1.165) is 0 Å². The van der Waals surface area contributed by atoms with Crippen molar-refractivity contribution in [3.8, 4) is 17.2 Å². The van der Waals surface area contributed by atoms with Crippen molar-refractivity contribution in [2.75, 3.05) is 21.3 Å². The number of ketones is 1. The standard InChI is InChI=1S/C20H19ClO6/c1-25-17-7-5-13(10-14(17)11-19(23)24)16(22)6-4-12-8-15(21)20(27-3)18(9-12)26-2/h4-10H,11H2,1-3H3,(H,23,24)/b6-4+. The van der Waals surface area contributed by atoms with Gasteiger partial charge in [-0.15, -0.1) is 0 Å². The van der Waals surface area contributed by atoms with Crippen molar-refractivity contribution in [1.82, 2.24) is 0 Å². The molecule has 0 saturated carbocycles. The van der Waals surface area contributed by atoms with Crippen LogP contribution < -0.4 is 14.2 Å². The van der Waals surface area contributed by atoms with Crippen LogP contribution in [0.2, 0.25) is 5.02 Å². The zero-order valence-corrected chi connectivity index (χ0v) is 15.9. The number of carboxylic acid groups (broad SMARTS) is 1. The molecule has 0 aliphatic heterocycles. The van der Waals surface area contributed by atoms with Crippen LogP contribution in [0.4, 0.5) is 0 Å². The number of aliphatic carboxylic acids is 1. The van der Waals surface area contributed by atoms with Gasteiger partial charge >= 0.3 is 5.97 Å². The van der Waals surface area contributed by atoms with Crippen molar-refractivity contribution in [1.29, 1.82) is 0 Å². The maximum atomic E-state index is 12.5. The number of ether oxygens (including phenoxy) is 3. The molecule has 27 heavy (non-hydrogen) atoms. The minimum absolute atomic E-state index is 0.237. The summed E-state index contributed by atoms with van der Waals surface area (Å²) in [6.07, 6.45) is 2.74. The van der Waals surface area contributed by atoms with E-state index in [-0.39, 0.29) is 12.2 Å². The number of allylic oxidation sites excluding steroid dienone is 1. The fraction of sp³-hybridized carbons (Fsp3) is 0.200. The molecule has 7 heteroatoms. The van der Waals surface area contributed by atoms with Gasteiger partial charge in [-0.1, -0.05) is 17.7 Å². The maximum Gasteiger partial charge on any atom is 0.307 e. The van der Waals surface area contributed by atoms with Crippen molar-refractivity contribution in [2.45, 2.75) is 6.42 Å². The van der Waals surface area contributed by atoms with E-state index in [1.54, 1.807) is 30.3 Å². The van der Waals surface area contributed by atoms with Crippen LogP contribution in [0.3, 0.4) is 0 Å². The van der Waals surface area contributed by atoms with Crippen LogP contribution in [0, 0.1) is 0 Å². The third-order valence-electron chi connectivity index (χ3n) is 3.79. The van der Waals surface area contributed by atoms with Gasteiger partial charge in [0.1, 0.15) is 5.75 Å². The summed E-state index contributed by atoms with van der Waals surface area (Å²) >= 11 is 6.16. The summed E-state index contributed by atoms with van der Waals surface area (Å²) in [7, 11) is 4.43. The molecule has 0 aliphatic carbocycles. The number of benzene rings is 2. The highest BCUT2D eigenvalue weighted by atomic mass is 35.5. The number of methoxy groups -OCH3 is 3. The van der Waals surface area contributed by atoms with E-state index in [1.165, 1.54) is 33.5 Å². The van der Waals surface area contributed by atoms with Gasteiger partial charge in [-0.05, 0) is 42.0 Å². The van der Waals surface area contributed by atoms with Gasteiger partial charge in [0, 0.05) is 11.1 Å². The molecule has 1 N–H and O–H groups in total. The Morgan fingerprint density at radius 2 is 1.74 bits per heavy atom. The molecule has 0 spiro atoms. The Morgan fingerprint density at radius 1 is 1.04 bits per heavy atom. The quantitative estimate of drug-likeness (QED) is 0.544. The number of carbonyl (C=O) groups is 2. The van der Waals surface area contributed by atoms with Gasteiger partial charge < -0.3 is 19.3 Å². The topological polar surface area (TPSA) is 82.1 Å². The minimum Gasteiger partial charge on any atom is -0.496 e. The van der Waals surface area contributed by atoms with E-state index in [1.807, 2.05) is 0 Å². The van der Waals surface area contributed by atoms with Crippen molar-refractivity contribution in [3.05, 3.63) is 58.1 Å². The average Bonchev–Trinajstić information content (AvgIpc) is 2.64. The minimum atomic E-state index is -1.01. The number of hydrogen-bond acceptors (Lipinski definition) is 5. The van der Waals surface area contributed by atoms with Gasteiger partial charge in [0.15, 0.2) is 17.3 Å². The second kappa shape index (κ2) is 9.09. The lowest BCUT2D eigenvalue weighted by Crippen LogP contribution is -2.04. The largest absolute Gasteiger partial charge is 0.496 e. The fourth-order valence-corrected chi connectivity index (χ4v) is 2.83. The summed E-state index contributed by atoms with van der Waals surface area (Å²) < 4.78 is 15.5. The summed E-state index contributed by atoms with van der Waals surface area (Å²) in [6, 6.07) is 8.02. The van der Waals surface area contributed by atoms with Gasteiger partial charge in [-0.2, -0.15) is 0 Å². The van der Waals surface area contributed by atoms with E-state index >= 15 is 0 Å². The third kappa shape index (κ3) is 5.01. The smallest absolute Gasteiger partial charge is 0.307 e. The van der Waals surface area contributed by atoms with E-state index in [9.17, 15) is 9.59 Å². The predicted molar refractivity (Wildman–Crippen MR) is 102 cm³/mol. The molecular weight excluding hydrogens is 372 g/mol. The third-order valence-corrected chi connectivity index (χ3v) is 4.07. The Labute approximate surface area is 161 Å². The highest BCUT2D eigenvalue weighted by Gasteiger charge is 2.12. The summed E-state index contributed by atoms with van der Waals surface area (Å²) in [4.78, 5) is 23.4. The number of carbonyl (C=O) groups excluding carboxylic acids is 1. The molecule has 2 rings (SSSR count). The molecule has 142 valence electrons. The maximum absolute atomic E-state index is 12.5. The van der Waals surface area contributed by atoms with Crippen LogP contribution in [0.25, 0.3) is 6.08 Å². The summed E-state index contributed by atoms with van der Waals surface area (Å²) in [5.74, 6) is -0.00499. The number of carboxylic acids is 1. The van der Waals surface area contributed by atoms with Crippen LogP contribution in [0.15, 0.2) is 36.4 Å². The monoisotopic (exact) mass is 390 g/mol. The first kappa shape index (κ1) is 20.3. The molecule has 2 aromatic rings. The molecular formula is C20H19ClO6. The Hall–Kier alpha value is -2.99. The first-order chi connectivity index (χ1) is 12.9.